The molecule has 6 heteroatoms. The molecule has 0 saturated carbocycles. The summed E-state index contributed by atoms with van der Waals surface area (Å²) in [7, 11) is 0. The number of carbonyl (C=O) groups is 2. The van der Waals surface area contributed by atoms with Crippen LogP contribution in [0.15, 0.2) is 0 Å². The molecule has 1 atom stereocenters. The van der Waals surface area contributed by atoms with Gasteiger partial charge in [-0.2, -0.15) is 0 Å². The number of carboxylic acid groups (broad SMARTS) is 1. The lowest BCUT2D eigenvalue weighted by Gasteiger charge is -2.40. The molecule has 0 aromatic carbocycles. The highest BCUT2D eigenvalue weighted by Crippen LogP contribution is 2.30. The first-order chi connectivity index (χ1) is 8.53. The first kappa shape index (κ1) is 13.1. The third-order valence-corrected chi connectivity index (χ3v) is 3.76. The minimum Gasteiger partial charge on any atom is -0.481 e. The maximum absolute atomic E-state index is 12.3. The van der Waals surface area contributed by atoms with E-state index in [1.807, 2.05) is 0 Å². The first-order valence-corrected chi connectivity index (χ1v) is 6.38. The van der Waals surface area contributed by atoms with E-state index in [4.69, 9.17) is 4.74 Å². The van der Waals surface area contributed by atoms with Crippen LogP contribution in [0.2, 0.25) is 0 Å². The van der Waals surface area contributed by atoms with E-state index < -0.39 is 11.4 Å². The number of piperidine rings is 1. The SMILES string of the molecule is CC1(C(=O)O)CCCN(C(=O)N2CCOCC2)C1. The molecule has 0 aromatic heterocycles. The average molecular weight is 256 g/mol. The van der Waals surface area contributed by atoms with Crippen molar-refractivity contribution >= 4 is 12.0 Å². The van der Waals surface area contributed by atoms with Crippen molar-refractivity contribution in [1.82, 2.24) is 9.80 Å². The third kappa shape index (κ3) is 2.58. The lowest BCUT2D eigenvalue weighted by atomic mass is 9.82. The molecular weight excluding hydrogens is 236 g/mol. The smallest absolute Gasteiger partial charge is 0.320 e. The van der Waals surface area contributed by atoms with Gasteiger partial charge in [0.1, 0.15) is 0 Å². The van der Waals surface area contributed by atoms with E-state index in [2.05, 4.69) is 0 Å². The highest BCUT2D eigenvalue weighted by molar-refractivity contribution is 5.78. The van der Waals surface area contributed by atoms with Crippen molar-refractivity contribution in [3.8, 4) is 0 Å². The predicted octanol–water partition coefficient (Wildman–Crippen LogP) is 0.625. The number of urea groups is 1. The molecule has 6 nitrogen and oxygen atoms in total. The summed E-state index contributed by atoms with van der Waals surface area (Å²) in [6, 6.07) is -0.0505. The number of carbonyl (C=O) groups excluding carboxylic acids is 1. The Morgan fingerprint density at radius 1 is 1.17 bits per heavy atom. The van der Waals surface area contributed by atoms with Gasteiger partial charge in [-0.05, 0) is 19.8 Å². The van der Waals surface area contributed by atoms with E-state index in [0.717, 1.165) is 6.42 Å². The summed E-state index contributed by atoms with van der Waals surface area (Å²) >= 11 is 0. The Morgan fingerprint density at radius 3 is 2.44 bits per heavy atom. The van der Waals surface area contributed by atoms with Gasteiger partial charge in [0.25, 0.3) is 0 Å². The summed E-state index contributed by atoms with van der Waals surface area (Å²) in [5.74, 6) is -0.818. The number of morpholine rings is 1. The maximum Gasteiger partial charge on any atom is 0.320 e. The lowest BCUT2D eigenvalue weighted by molar-refractivity contribution is -0.150. The maximum atomic E-state index is 12.3. The van der Waals surface area contributed by atoms with Gasteiger partial charge in [0.15, 0.2) is 0 Å². The molecule has 0 aromatic rings. The number of ether oxygens (including phenoxy) is 1. The van der Waals surface area contributed by atoms with Crippen LogP contribution in [0.5, 0.6) is 0 Å². The van der Waals surface area contributed by atoms with Gasteiger partial charge in [0.2, 0.25) is 0 Å². The van der Waals surface area contributed by atoms with E-state index in [-0.39, 0.29) is 6.03 Å². The highest BCUT2D eigenvalue weighted by atomic mass is 16.5. The van der Waals surface area contributed by atoms with Crippen LogP contribution in [0.4, 0.5) is 4.79 Å². The summed E-state index contributed by atoms with van der Waals surface area (Å²) < 4.78 is 5.21. The molecule has 0 radical (unpaired) electrons. The van der Waals surface area contributed by atoms with Crippen LogP contribution in [0, 0.1) is 5.41 Å². The molecule has 2 fully saturated rings. The quantitative estimate of drug-likeness (QED) is 0.747. The largest absolute Gasteiger partial charge is 0.481 e. The van der Waals surface area contributed by atoms with Gasteiger partial charge >= 0.3 is 12.0 Å². The normalized spacial score (nSPS) is 29.2. The Balaban J connectivity index is 1.99. The number of hydrogen-bond donors (Lipinski definition) is 1. The monoisotopic (exact) mass is 256 g/mol. The second-order valence-electron chi connectivity index (χ2n) is 5.27. The Morgan fingerprint density at radius 2 is 1.83 bits per heavy atom. The van der Waals surface area contributed by atoms with Crippen LogP contribution in [-0.4, -0.2) is 66.3 Å². The van der Waals surface area contributed by atoms with Crippen LogP contribution in [0.3, 0.4) is 0 Å². The summed E-state index contributed by atoms with van der Waals surface area (Å²) in [6.45, 7) is 5.00. The summed E-state index contributed by atoms with van der Waals surface area (Å²) in [4.78, 5) is 26.9. The molecule has 0 bridgehead atoms. The molecule has 2 amide bonds. The van der Waals surface area contributed by atoms with Crippen LogP contribution in [-0.2, 0) is 9.53 Å². The molecule has 2 aliphatic rings. The Hall–Kier alpha value is -1.30. The zero-order valence-electron chi connectivity index (χ0n) is 10.7. The van der Waals surface area contributed by atoms with Crippen LogP contribution in [0.1, 0.15) is 19.8 Å². The zero-order valence-corrected chi connectivity index (χ0v) is 10.7. The molecule has 2 saturated heterocycles. The predicted molar refractivity (Wildman–Crippen MR) is 64.3 cm³/mol. The molecule has 0 aliphatic carbocycles. The standard InChI is InChI=1S/C12H20N2O4/c1-12(10(15)16)3-2-4-14(9-12)11(17)13-5-7-18-8-6-13/h2-9H2,1H3,(H,15,16). The zero-order chi connectivity index (χ0) is 13.2. The number of carboxylic acids is 1. The van der Waals surface area contributed by atoms with E-state index in [1.165, 1.54) is 0 Å². The van der Waals surface area contributed by atoms with Gasteiger partial charge in [-0.15, -0.1) is 0 Å². The van der Waals surface area contributed by atoms with Gasteiger partial charge in [-0.25, -0.2) is 4.79 Å². The van der Waals surface area contributed by atoms with Crippen molar-refractivity contribution in [1.29, 1.82) is 0 Å². The highest BCUT2D eigenvalue weighted by Gasteiger charge is 2.40. The molecule has 2 rings (SSSR count). The van der Waals surface area contributed by atoms with Crippen molar-refractivity contribution in [3.05, 3.63) is 0 Å². The van der Waals surface area contributed by atoms with Gasteiger partial charge in [-0.1, -0.05) is 0 Å². The van der Waals surface area contributed by atoms with Gasteiger partial charge in [0, 0.05) is 26.2 Å². The van der Waals surface area contributed by atoms with Crippen LogP contribution >= 0.6 is 0 Å². The average Bonchev–Trinajstić information content (AvgIpc) is 2.39. The van der Waals surface area contributed by atoms with Crippen molar-refractivity contribution < 1.29 is 19.4 Å². The third-order valence-electron chi connectivity index (χ3n) is 3.76. The second kappa shape index (κ2) is 5.14. The van der Waals surface area contributed by atoms with E-state index in [9.17, 15) is 14.7 Å². The Bertz CT molecular complexity index is 341. The fourth-order valence-corrected chi connectivity index (χ4v) is 2.53. The molecule has 1 N–H and O–H groups in total. The summed E-state index contributed by atoms with van der Waals surface area (Å²) in [6.07, 6.45) is 1.38. The van der Waals surface area contributed by atoms with Gasteiger partial charge in [-0.3, -0.25) is 4.79 Å². The number of rotatable bonds is 1. The van der Waals surface area contributed by atoms with Gasteiger partial charge < -0.3 is 19.6 Å². The van der Waals surface area contributed by atoms with Crippen molar-refractivity contribution in [2.45, 2.75) is 19.8 Å². The number of likely N-dealkylation sites (tertiary alicyclic amines) is 1. The Labute approximate surface area is 106 Å². The molecule has 102 valence electrons. The molecule has 18 heavy (non-hydrogen) atoms. The fraction of sp³-hybridized carbons (Fsp3) is 0.833. The number of aliphatic carboxylic acids is 1. The van der Waals surface area contributed by atoms with E-state index in [0.29, 0.717) is 45.8 Å². The minimum absolute atomic E-state index is 0.0505. The number of amides is 2. The summed E-state index contributed by atoms with van der Waals surface area (Å²) in [5, 5.41) is 9.24. The van der Waals surface area contributed by atoms with Crippen molar-refractivity contribution in [2.75, 3.05) is 39.4 Å². The van der Waals surface area contributed by atoms with Gasteiger partial charge in [0.05, 0.1) is 18.6 Å². The summed E-state index contributed by atoms with van der Waals surface area (Å²) in [5.41, 5.74) is -0.805. The Kier molecular flexibility index (Phi) is 3.75. The fourth-order valence-electron chi connectivity index (χ4n) is 2.53. The van der Waals surface area contributed by atoms with E-state index >= 15 is 0 Å². The molecule has 1 unspecified atom stereocenters. The topological polar surface area (TPSA) is 70.1 Å². The second-order valence-corrected chi connectivity index (χ2v) is 5.27. The molecule has 2 aliphatic heterocycles. The van der Waals surface area contributed by atoms with Crippen molar-refractivity contribution in [3.63, 3.8) is 0 Å². The molecule has 2 heterocycles. The van der Waals surface area contributed by atoms with E-state index in [1.54, 1.807) is 16.7 Å². The first-order valence-electron chi connectivity index (χ1n) is 6.38. The number of nitrogens with zero attached hydrogens (tertiary/aromatic N) is 2. The minimum atomic E-state index is -0.818. The van der Waals surface area contributed by atoms with Crippen molar-refractivity contribution in [2.24, 2.45) is 5.41 Å². The molecular formula is C12H20N2O4. The lowest BCUT2D eigenvalue weighted by Crippen LogP contribution is -2.54. The van der Waals surface area contributed by atoms with Crippen LogP contribution < -0.4 is 0 Å². The molecule has 0 spiro atoms. The number of hydrogen-bond acceptors (Lipinski definition) is 3. The van der Waals surface area contributed by atoms with Crippen LogP contribution in [0.25, 0.3) is 0 Å².